The molecule has 1 aromatic heterocycles. The van der Waals surface area contributed by atoms with E-state index in [1.807, 2.05) is 12.3 Å². The number of likely N-dealkylation sites (N-methyl/N-ethyl adjacent to an activating group) is 1. The fourth-order valence-electron chi connectivity index (χ4n) is 1.62. The summed E-state index contributed by atoms with van der Waals surface area (Å²) in [6.45, 7) is 9.61. The molecule has 0 unspecified atom stereocenters. The second-order valence-electron chi connectivity index (χ2n) is 4.66. The zero-order chi connectivity index (χ0) is 12.0. The summed E-state index contributed by atoms with van der Waals surface area (Å²) in [7, 11) is 2.09. The Bertz CT molecular complexity index is 310. The van der Waals surface area contributed by atoms with E-state index in [0.29, 0.717) is 5.92 Å². The van der Waals surface area contributed by atoms with Crippen molar-refractivity contribution in [1.82, 2.24) is 10.3 Å². The van der Waals surface area contributed by atoms with Gasteiger partial charge in [-0.25, -0.2) is 4.98 Å². The van der Waals surface area contributed by atoms with Gasteiger partial charge in [-0.05, 0) is 31.0 Å². The Labute approximate surface area is 98.9 Å². The highest BCUT2D eigenvalue weighted by molar-refractivity contribution is 5.44. The van der Waals surface area contributed by atoms with E-state index in [4.69, 9.17) is 0 Å². The Kier molecular flexibility index (Phi) is 5.26. The maximum Gasteiger partial charge on any atom is 0.131 e. The minimum absolute atomic E-state index is 0.710. The maximum absolute atomic E-state index is 4.39. The zero-order valence-corrected chi connectivity index (χ0v) is 10.8. The lowest BCUT2D eigenvalue weighted by Gasteiger charge is -2.20. The average molecular weight is 221 g/mol. The Morgan fingerprint density at radius 2 is 2.19 bits per heavy atom. The van der Waals surface area contributed by atoms with Crippen LogP contribution in [0.25, 0.3) is 0 Å². The minimum Gasteiger partial charge on any atom is -0.358 e. The molecule has 16 heavy (non-hydrogen) atoms. The molecular weight excluding hydrogens is 198 g/mol. The molecule has 0 atom stereocenters. The van der Waals surface area contributed by atoms with Gasteiger partial charge in [0.05, 0.1) is 0 Å². The number of rotatable bonds is 6. The molecule has 0 aliphatic carbocycles. The molecule has 1 rings (SSSR count). The van der Waals surface area contributed by atoms with Crippen LogP contribution >= 0.6 is 0 Å². The molecule has 3 heteroatoms. The maximum atomic E-state index is 4.39. The molecule has 3 nitrogen and oxygen atoms in total. The number of pyridine rings is 1. The fourth-order valence-corrected chi connectivity index (χ4v) is 1.62. The van der Waals surface area contributed by atoms with Crippen molar-refractivity contribution in [3.63, 3.8) is 0 Å². The van der Waals surface area contributed by atoms with Crippen LogP contribution in [0.5, 0.6) is 0 Å². The summed E-state index contributed by atoms with van der Waals surface area (Å²) in [5.41, 5.74) is 1.23. The standard InChI is InChI=1S/C13H23N3/c1-11(2)10-14-8-9-16(4)13-12(3)6-5-7-15-13/h5-7,11,14H,8-10H2,1-4H3. The second kappa shape index (κ2) is 6.48. The normalized spacial score (nSPS) is 10.8. The molecular formula is C13H23N3. The average Bonchev–Trinajstić information content (AvgIpc) is 2.24. The Hall–Kier alpha value is -1.09. The predicted octanol–water partition coefficient (Wildman–Crippen LogP) is 2.07. The van der Waals surface area contributed by atoms with Crippen molar-refractivity contribution in [2.75, 3.05) is 31.6 Å². The monoisotopic (exact) mass is 221 g/mol. The summed E-state index contributed by atoms with van der Waals surface area (Å²) in [6, 6.07) is 4.07. The van der Waals surface area contributed by atoms with Crippen molar-refractivity contribution in [1.29, 1.82) is 0 Å². The van der Waals surface area contributed by atoms with Gasteiger partial charge in [0.2, 0.25) is 0 Å². The van der Waals surface area contributed by atoms with Crippen molar-refractivity contribution >= 4 is 5.82 Å². The van der Waals surface area contributed by atoms with Gasteiger partial charge >= 0.3 is 0 Å². The molecule has 90 valence electrons. The van der Waals surface area contributed by atoms with Crippen molar-refractivity contribution in [2.45, 2.75) is 20.8 Å². The molecule has 1 N–H and O–H groups in total. The van der Waals surface area contributed by atoms with Crippen LogP contribution in [0, 0.1) is 12.8 Å². The number of nitrogens with one attached hydrogen (secondary N) is 1. The number of hydrogen-bond donors (Lipinski definition) is 1. The molecule has 0 spiro atoms. The van der Waals surface area contributed by atoms with Crippen LogP contribution in [0.3, 0.4) is 0 Å². The van der Waals surface area contributed by atoms with Crippen LogP contribution in [0.1, 0.15) is 19.4 Å². The van der Waals surface area contributed by atoms with Gasteiger partial charge in [-0.15, -0.1) is 0 Å². The Balaban J connectivity index is 2.35. The molecule has 0 saturated heterocycles. The van der Waals surface area contributed by atoms with Crippen molar-refractivity contribution < 1.29 is 0 Å². The van der Waals surface area contributed by atoms with Crippen LogP contribution in [0.15, 0.2) is 18.3 Å². The Morgan fingerprint density at radius 3 is 2.81 bits per heavy atom. The van der Waals surface area contributed by atoms with E-state index in [1.165, 1.54) is 5.56 Å². The lowest BCUT2D eigenvalue weighted by molar-refractivity contribution is 0.554. The number of hydrogen-bond acceptors (Lipinski definition) is 3. The lowest BCUT2D eigenvalue weighted by atomic mass is 10.2. The predicted molar refractivity (Wildman–Crippen MR) is 70.0 cm³/mol. The van der Waals surface area contributed by atoms with Crippen LogP contribution in [-0.2, 0) is 0 Å². The molecule has 0 saturated carbocycles. The topological polar surface area (TPSA) is 28.2 Å². The highest BCUT2D eigenvalue weighted by Crippen LogP contribution is 2.13. The molecule has 0 aromatic carbocycles. The summed E-state index contributed by atoms with van der Waals surface area (Å²) >= 11 is 0. The van der Waals surface area contributed by atoms with Crippen molar-refractivity contribution in [3.8, 4) is 0 Å². The highest BCUT2D eigenvalue weighted by atomic mass is 15.2. The molecule has 0 fully saturated rings. The molecule has 0 radical (unpaired) electrons. The first-order valence-electron chi connectivity index (χ1n) is 5.94. The van der Waals surface area contributed by atoms with Gasteiger partial charge in [-0.3, -0.25) is 0 Å². The first-order chi connectivity index (χ1) is 7.61. The third kappa shape index (κ3) is 4.19. The van der Waals surface area contributed by atoms with E-state index >= 15 is 0 Å². The number of anilines is 1. The molecule has 0 bridgehead atoms. The van der Waals surface area contributed by atoms with Gasteiger partial charge in [0.1, 0.15) is 5.82 Å². The van der Waals surface area contributed by atoms with E-state index in [9.17, 15) is 0 Å². The van der Waals surface area contributed by atoms with Crippen molar-refractivity contribution in [2.24, 2.45) is 5.92 Å². The van der Waals surface area contributed by atoms with E-state index in [2.05, 4.69) is 49.1 Å². The van der Waals surface area contributed by atoms with E-state index in [-0.39, 0.29) is 0 Å². The van der Waals surface area contributed by atoms with Gasteiger partial charge in [-0.2, -0.15) is 0 Å². The summed E-state index contributed by atoms with van der Waals surface area (Å²) in [5, 5.41) is 3.44. The first kappa shape index (κ1) is 13.0. The Morgan fingerprint density at radius 1 is 1.44 bits per heavy atom. The highest BCUT2D eigenvalue weighted by Gasteiger charge is 2.04. The van der Waals surface area contributed by atoms with Gasteiger partial charge < -0.3 is 10.2 Å². The third-order valence-electron chi connectivity index (χ3n) is 2.52. The van der Waals surface area contributed by atoms with Gasteiger partial charge in [0.25, 0.3) is 0 Å². The molecule has 1 heterocycles. The van der Waals surface area contributed by atoms with E-state index < -0.39 is 0 Å². The third-order valence-corrected chi connectivity index (χ3v) is 2.52. The number of nitrogens with zero attached hydrogens (tertiary/aromatic N) is 2. The van der Waals surface area contributed by atoms with Gasteiger partial charge in [-0.1, -0.05) is 19.9 Å². The summed E-state index contributed by atoms with van der Waals surface area (Å²) in [5.74, 6) is 1.79. The summed E-state index contributed by atoms with van der Waals surface area (Å²) in [4.78, 5) is 6.59. The lowest BCUT2D eigenvalue weighted by Crippen LogP contribution is -2.31. The first-order valence-corrected chi connectivity index (χ1v) is 5.94. The largest absolute Gasteiger partial charge is 0.358 e. The van der Waals surface area contributed by atoms with E-state index in [1.54, 1.807) is 0 Å². The quantitative estimate of drug-likeness (QED) is 0.745. The van der Waals surface area contributed by atoms with Crippen molar-refractivity contribution in [3.05, 3.63) is 23.9 Å². The summed E-state index contributed by atoms with van der Waals surface area (Å²) in [6.07, 6.45) is 1.85. The SMILES string of the molecule is Cc1cccnc1N(C)CCNCC(C)C. The van der Waals surface area contributed by atoms with Gasteiger partial charge in [0, 0.05) is 26.3 Å². The van der Waals surface area contributed by atoms with Crippen LogP contribution in [0.4, 0.5) is 5.82 Å². The molecule has 0 aliphatic rings. The molecule has 0 amide bonds. The molecule has 1 aromatic rings. The smallest absolute Gasteiger partial charge is 0.131 e. The second-order valence-corrected chi connectivity index (χ2v) is 4.66. The minimum atomic E-state index is 0.710. The fraction of sp³-hybridized carbons (Fsp3) is 0.615. The van der Waals surface area contributed by atoms with Crippen LogP contribution in [0.2, 0.25) is 0 Å². The van der Waals surface area contributed by atoms with Crippen LogP contribution in [-0.4, -0.2) is 31.7 Å². The van der Waals surface area contributed by atoms with Gasteiger partial charge in [0.15, 0.2) is 0 Å². The zero-order valence-electron chi connectivity index (χ0n) is 10.8. The summed E-state index contributed by atoms with van der Waals surface area (Å²) < 4.78 is 0. The molecule has 0 aliphatic heterocycles. The van der Waals surface area contributed by atoms with Crippen LogP contribution < -0.4 is 10.2 Å². The number of aromatic nitrogens is 1. The van der Waals surface area contributed by atoms with E-state index in [0.717, 1.165) is 25.5 Å². The number of aryl methyl sites for hydroxylation is 1.